The third-order valence-corrected chi connectivity index (χ3v) is 3.21. The molecule has 0 saturated carbocycles. The number of carbonyl (C=O) groups is 2. The van der Waals surface area contributed by atoms with E-state index in [1.54, 1.807) is 0 Å². The molecule has 5 nitrogen and oxygen atoms in total. The van der Waals surface area contributed by atoms with Gasteiger partial charge in [0.2, 0.25) is 5.91 Å². The van der Waals surface area contributed by atoms with Crippen LogP contribution in [0.25, 0.3) is 0 Å². The van der Waals surface area contributed by atoms with Crippen LogP contribution in [0.5, 0.6) is 0 Å². The van der Waals surface area contributed by atoms with Gasteiger partial charge < -0.3 is 16.2 Å². The molecule has 0 aliphatic carbocycles. The van der Waals surface area contributed by atoms with Crippen molar-refractivity contribution in [1.82, 2.24) is 5.32 Å². The molecule has 106 valence electrons. The first-order valence-corrected chi connectivity index (χ1v) is 6.40. The van der Waals surface area contributed by atoms with Crippen molar-refractivity contribution in [3.8, 4) is 0 Å². The number of hydrogen-bond donors (Lipinski definition) is 3. The number of nitrogens with one attached hydrogen (secondary N) is 1. The molecular formula is C13H26N2O3. The van der Waals surface area contributed by atoms with Gasteiger partial charge in [-0.05, 0) is 37.6 Å². The van der Waals surface area contributed by atoms with Crippen LogP contribution >= 0.6 is 0 Å². The van der Waals surface area contributed by atoms with Crippen molar-refractivity contribution in [3.63, 3.8) is 0 Å². The molecule has 0 fully saturated rings. The molecule has 0 saturated heterocycles. The Morgan fingerprint density at radius 2 is 1.83 bits per heavy atom. The molecule has 0 aromatic carbocycles. The topological polar surface area (TPSA) is 92.4 Å². The molecule has 0 aliphatic heterocycles. The molecule has 0 aromatic heterocycles. The fourth-order valence-corrected chi connectivity index (χ4v) is 1.89. The second-order valence-electron chi connectivity index (χ2n) is 5.81. The zero-order chi connectivity index (χ0) is 14.3. The highest BCUT2D eigenvalue weighted by atomic mass is 16.4. The highest BCUT2D eigenvalue weighted by Crippen LogP contribution is 2.31. The molecule has 0 heterocycles. The van der Waals surface area contributed by atoms with Crippen molar-refractivity contribution in [2.45, 2.75) is 53.0 Å². The van der Waals surface area contributed by atoms with Crippen LogP contribution in [0.3, 0.4) is 0 Å². The SMILES string of the molecule is C[C@H](NC(=O)CCC(CCN)C(C)(C)C)C(=O)O. The first-order valence-electron chi connectivity index (χ1n) is 6.40. The Bertz CT molecular complexity index is 284. The summed E-state index contributed by atoms with van der Waals surface area (Å²) < 4.78 is 0. The molecule has 1 unspecified atom stereocenters. The Hall–Kier alpha value is -1.10. The van der Waals surface area contributed by atoms with Gasteiger partial charge in [0.25, 0.3) is 0 Å². The van der Waals surface area contributed by atoms with Crippen molar-refractivity contribution in [1.29, 1.82) is 0 Å². The zero-order valence-corrected chi connectivity index (χ0v) is 11.8. The Morgan fingerprint density at radius 3 is 2.22 bits per heavy atom. The van der Waals surface area contributed by atoms with Gasteiger partial charge >= 0.3 is 5.97 Å². The van der Waals surface area contributed by atoms with Gasteiger partial charge in [-0.3, -0.25) is 9.59 Å². The lowest BCUT2D eigenvalue weighted by Crippen LogP contribution is -2.38. The van der Waals surface area contributed by atoms with E-state index in [4.69, 9.17) is 10.8 Å². The third kappa shape index (κ3) is 6.59. The lowest BCUT2D eigenvalue weighted by molar-refractivity contribution is -0.141. The van der Waals surface area contributed by atoms with Crippen LogP contribution < -0.4 is 11.1 Å². The van der Waals surface area contributed by atoms with Gasteiger partial charge in [0.05, 0.1) is 0 Å². The fourth-order valence-electron chi connectivity index (χ4n) is 1.89. The fraction of sp³-hybridized carbons (Fsp3) is 0.846. The summed E-state index contributed by atoms with van der Waals surface area (Å²) in [5.74, 6) is -0.859. The number of carboxylic acid groups (broad SMARTS) is 1. The van der Waals surface area contributed by atoms with E-state index in [1.165, 1.54) is 6.92 Å². The Morgan fingerprint density at radius 1 is 1.28 bits per heavy atom. The molecule has 5 heteroatoms. The highest BCUT2D eigenvalue weighted by Gasteiger charge is 2.24. The molecule has 0 bridgehead atoms. The summed E-state index contributed by atoms with van der Waals surface area (Å²) >= 11 is 0. The van der Waals surface area contributed by atoms with Crippen molar-refractivity contribution in [2.75, 3.05) is 6.54 Å². The van der Waals surface area contributed by atoms with Crippen LogP contribution in [-0.4, -0.2) is 29.6 Å². The molecule has 0 aromatic rings. The van der Waals surface area contributed by atoms with Gasteiger partial charge in [0, 0.05) is 6.42 Å². The zero-order valence-electron chi connectivity index (χ0n) is 11.8. The maximum atomic E-state index is 11.6. The van der Waals surface area contributed by atoms with Gasteiger partial charge in [0.15, 0.2) is 0 Å². The Kier molecular flexibility index (Phi) is 6.91. The standard InChI is InChI=1S/C13H26N2O3/c1-9(12(17)18)15-11(16)6-5-10(7-8-14)13(2,3)4/h9-10H,5-8,14H2,1-4H3,(H,15,16)(H,17,18)/t9-,10?/m0/s1. The van der Waals surface area contributed by atoms with Crippen LogP contribution in [0.15, 0.2) is 0 Å². The van der Waals surface area contributed by atoms with Crippen LogP contribution in [0.1, 0.15) is 47.0 Å². The Labute approximate surface area is 109 Å². The molecule has 0 aliphatic rings. The molecular weight excluding hydrogens is 232 g/mol. The van der Waals surface area contributed by atoms with Crippen molar-refractivity contribution < 1.29 is 14.7 Å². The normalized spacial score (nSPS) is 14.9. The van der Waals surface area contributed by atoms with Crippen LogP contribution in [0.4, 0.5) is 0 Å². The number of carboxylic acids is 1. The number of carbonyl (C=O) groups excluding carboxylic acids is 1. The van der Waals surface area contributed by atoms with E-state index in [9.17, 15) is 9.59 Å². The lowest BCUT2D eigenvalue weighted by Gasteiger charge is -2.30. The van der Waals surface area contributed by atoms with Gasteiger partial charge in [-0.1, -0.05) is 20.8 Å². The van der Waals surface area contributed by atoms with Crippen molar-refractivity contribution in [2.24, 2.45) is 17.1 Å². The van der Waals surface area contributed by atoms with Crippen LogP contribution in [0.2, 0.25) is 0 Å². The molecule has 4 N–H and O–H groups in total. The number of hydrogen-bond acceptors (Lipinski definition) is 3. The van der Waals surface area contributed by atoms with E-state index in [-0.39, 0.29) is 11.3 Å². The van der Waals surface area contributed by atoms with E-state index in [2.05, 4.69) is 26.1 Å². The van der Waals surface area contributed by atoms with Crippen LogP contribution in [-0.2, 0) is 9.59 Å². The first-order chi connectivity index (χ1) is 8.18. The summed E-state index contributed by atoms with van der Waals surface area (Å²) in [5, 5.41) is 11.1. The van der Waals surface area contributed by atoms with E-state index < -0.39 is 12.0 Å². The van der Waals surface area contributed by atoms with Crippen molar-refractivity contribution in [3.05, 3.63) is 0 Å². The number of rotatable bonds is 7. The monoisotopic (exact) mass is 258 g/mol. The van der Waals surface area contributed by atoms with Gasteiger partial charge in [-0.15, -0.1) is 0 Å². The average Bonchev–Trinajstić information content (AvgIpc) is 2.22. The minimum Gasteiger partial charge on any atom is -0.480 e. The summed E-state index contributed by atoms with van der Waals surface area (Å²) in [4.78, 5) is 22.2. The van der Waals surface area contributed by atoms with Crippen molar-refractivity contribution >= 4 is 11.9 Å². The first kappa shape index (κ1) is 16.9. The second-order valence-corrected chi connectivity index (χ2v) is 5.81. The highest BCUT2D eigenvalue weighted by molar-refractivity contribution is 5.83. The van der Waals surface area contributed by atoms with Crippen LogP contribution in [0, 0.1) is 11.3 Å². The summed E-state index contributed by atoms with van der Waals surface area (Å²) in [7, 11) is 0. The molecule has 0 radical (unpaired) electrons. The maximum absolute atomic E-state index is 11.6. The van der Waals surface area contributed by atoms with E-state index in [1.807, 2.05) is 0 Å². The van der Waals surface area contributed by atoms with Gasteiger partial charge in [0.1, 0.15) is 6.04 Å². The molecule has 2 atom stereocenters. The number of amides is 1. The average molecular weight is 258 g/mol. The van der Waals surface area contributed by atoms with E-state index >= 15 is 0 Å². The second kappa shape index (κ2) is 7.36. The predicted molar refractivity (Wildman–Crippen MR) is 71.1 cm³/mol. The van der Waals surface area contributed by atoms with Gasteiger partial charge in [-0.25, -0.2) is 0 Å². The molecule has 18 heavy (non-hydrogen) atoms. The summed E-state index contributed by atoms with van der Waals surface area (Å²) in [6.45, 7) is 8.46. The molecule has 0 rings (SSSR count). The lowest BCUT2D eigenvalue weighted by atomic mass is 9.76. The molecule has 1 amide bonds. The minimum atomic E-state index is -1.02. The summed E-state index contributed by atoms with van der Waals surface area (Å²) in [6, 6.07) is -0.833. The largest absolute Gasteiger partial charge is 0.480 e. The smallest absolute Gasteiger partial charge is 0.325 e. The summed E-state index contributed by atoms with van der Waals surface area (Å²) in [6.07, 6.45) is 1.96. The Balaban J connectivity index is 4.20. The van der Waals surface area contributed by atoms with E-state index in [0.717, 1.165) is 12.8 Å². The maximum Gasteiger partial charge on any atom is 0.325 e. The summed E-state index contributed by atoms with van der Waals surface area (Å²) in [5.41, 5.74) is 5.68. The third-order valence-electron chi connectivity index (χ3n) is 3.21. The minimum absolute atomic E-state index is 0.109. The quantitative estimate of drug-likeness (QED) is 0.643. The predicted octanol–water partition coefficient (Wildman–Crippen LogP) is 1.37. The number of aliphatic carboxylic acids is 1. The molecule has 0 spiro atoms. The number of nitrogens with two attached hydrogens (primary N) is 1. The van der Waals surface area contributed by atoms with E-state index in [0.29, 0.717) is 18.9 Å². The van der Waals surface area contributed by atoms with Gasteiger partial charge in [-0.2, -0.15) is 0 Å².